The van der Waals surface area contributed by atoms with Crippen LogP contribution in [-0.2, 0) is 23.0 Å². The summed E-state index contributed by atoms with van der Waals surface area (Å²) < 4.78 is 27.1. The summed E-state index contributed by atoms with van der Waals surface area (Å²) >= 11 is 1.62. The van der Waals surface area contributed by atoms with E-state index in [1.807, 2.05) is 19.1 Å². The van der Waals surface area contributed by atoms with Crippen LogP contribution in [0.1, 0.15) is 22.2 Å². The Morgan fingerprint density at radius 2 is 1.90 bits per heavy atom. The maximum absolute atomic E-state index is 12.2. The Morgan fingerprint density at radius 1 is 1.20 bits per heavy atom. The highest BCUT2D eigenvalue weighted by molar-refractivity contribution is 7.89. The van der Waals surface area contributed by atoms with Crippen LogP contribution in [0.3, 0.4) is 0 Å². The number of nitrogens with one attached hydrogen (secondary N) is 1. The molecule has 0 saturated heterocycles. The zero-order chi connectivity index (χ0) is 14.8. The van der Waals surface area contributed by atoms with E-state index < -0.39 is 10.0 Å². The number of aryl methyl sites for hydroxylation is 2. The van der Waals surface area contributed by atoms with E-state index in [-0.39, 0.29) is 4.90 Å². The minimum atomic E-state index is -3.52. The van der Waals surface area contributed by atoms with Gasteiger partial charge in [-0.3, -0.25) is 0 Å². The van der Waals surface area contributed by atoms with Crippen LogP contribution in [0.25, 0.3) is 0 Å². The topological polar surface area (TPSA) is 72.2 Å². The summed E-state index contributed by atoms with van der Waals surface area (Å²) in [6.07, 6.45) is 0.964. The van der Waals surface area contributed by atoms with Gasteiger partial charge >= 0.3 is 0 Å². The third-order valence-corrected chi connectivity index (χ3v) is 5.50. The quantitative estimate of drug-likeness (QED) is 0.834. The standard InChI is InChI=1S/C14H18N2O2S2/c1-3-12-4-5-13(19-12)9-16-20(17,18)14-7-10(2)6-11(15)8-14/h4-8,16H,3,9,15H2,1-2H3. The molecule has 0 saturated carbocycles. The number of anilines is 1. The molecule has 0 radical (unpaired) electrons. The lowest BCUT2D eigenvalue weighted by Gasteiger charge is -2.07. The molecular weight excluding hydrogens is 292 g/mol. The fraction of sp³-hybridized carbons (Fsp3) is 0.286. The number of nitrogen functional groups attached to an aromatic ring is 1. The van der Waals surface area contributed by atoms with Gasteiger partial charge in [-0.1, -0.05) is 6.92 Å². The summed E-state index contributed by atoms with van der Waals surface area (Å²) in [5, 5.41) is 0. The third-order valence-electron chi connectivity index (χ3n) is 2.89. The largest absolute Gasteiger partial charge is 0.399 e. The second kappa shape index (κ2) is 5.95. The highest BCUT2D eigenvalue weighted by Gasteiger charge is 2.15. The van der Waals surface area contributed by atoms with Gasteiger partial charge in [0.1, 0.15) is 0 Å². The number of hydrogen-bond acceptors (Lipinski definition) is 4. The third kappa shape index (κ3) is 3.59. The summed E-state index contributed by atoms with van der Waals surface area (Å²) in [4.78, 5) is 2.47. The molecule has 0 amide bonds. The van der Waals surface area contributed by atoms with E-state index in [1.165, 1.54) is 10.9 Å². The van der Waals surface area contributed by atoms with Gasteiger partial charge in [0, 0.05) is 22.0 Å². The van der Waals surface area contributed by atoms with Gasteiger partial charge in [-0.25, -0.2) is 13.1 Å². The maximum atomic E-state index is 12.2. The minimum Gasteiger partial charge on any atom is -0.399 e. The van der Waals surface area contributed by atoms with E-state index in [2.05, 4.69) is 11.6 Å². The van der Waals surface area contributed by atoms with Crippen molar-refractivity contribution in [3.63, 3.8) is 0 Å². The smallest absolute Gasteiger partial charge is 0.240 e. The van der Waals surface area contributed by atoms with Crippen molar-refractivity contribution >= 4 is 27.0 Å². The number of rotatable bonds is 5. The second-order valence-electron chi connectivity index (χ2n) is 4.63. The maximum Gasteiger partial charge on any atom is 0.240 e. The highest BCUT2D eigenvalue weighted by Crippen LogP contribution is 2.19. The zero-order valence-electron chi connectivity index (χ0n) is 11.5. The Hall–Kier alpha value is -1.37. The summed E-state index contributed by atoms with van der Waals surface area (Å²) in [6.45, 7) is 4.21. The van der Waals surface area contributed by atoms with Crippen molar-refractivity contribution in [1.82, 2.24) is 4.72 Å². The Balaban J connectivity index is 2.14. The summed E-state index contributed by atoms with van der Waals surface area (Å²) in [5.74, 6) is 0. The van der Waals surface area contributed by atoms with Crippen LogP contribution in [0.4, 0.5) is 5.69 Å². The van der Waals surface area contributed by atoms with Gasteiger partial charge in [-0.2, -0.15) is 0 Å². The average Bonchev–Trinajstić information content (AvgIpc) is 2.83. The monoisotopic (exact) mass is 310 g/mol. The van der Waals surface area contributed by atoms with Gasteiger partial charge < -0.3 is 5.73 Å². The number of hydrogen-bond donors (Lipinski definition) is 2. The first-order chi connectivity index (χ1) is 9.40. The van der Waals surface area contributed by atoms with Gasteiger partial charge in [0.05, 0.1) is 4.90 Å². The molecule has 0 spiro atoms. The molecule has 2 aromatic rings. The molecule has 0 unspecified atom stereocenters. The molecule has 0 bridgehead atoms. The first-order valence-corrected chi connectivity index (χ1v) is 8.65. The fourth-order valence-electron chi connectivity index (χ4n) is 1.89. The van der Waals surface area contributed by atoms with E-state index in [0.29, 0.717) is 12.2 Å². The van der Waals surface area contributed by atoms with Crippen LogP contribution in [0.2, 0.25) is 0 Å². The summed E-state index contributed by atoms with van der Waals surface area (Å²) in [5.41, 5.74) is 6.98. The van der Waals surface area contributed by atoms with Crippen molar-refractivity contribution < 1.29 is 8.42 Å². The molecular formula is C14H18N2O2S2. The first-order valence-electron chi connectivity index (χ1n) is 6.35. The van der Waals surface area contributed by atoms with Gasteiger partial charge in [0.25, 0.3) is 0 Å². The highest BCUT2D eigenvalue weighted by atomic mass is 32.2. The van der Waals surface area contributed by atoms with Crippen LogP contribution in [0.5, 0.6) is 0 Å². The number of sulfonamides is 1. The Kier molecular flexibility index (Phi) is 4.47. The van der Waals surface area contributed by atoms with Gasteiger partial charge in [-0.05, 0) is 49.2 Å². The predicted octanol–water partition coefficient (Wildman–Crippen LogP) is 2.68. The molecule has 0 atom stereocenters. The van der Waals surface area contributed by atoms with E-state index in [1.54, 1.807) is 23.5 Å². The zero-order valence-corrected chi connectivity index (χ0v) is 13.1. The molecule has 2 rings (SSSR count). The molecule has 4 nitrogen and oxygen atoms in total. The van der Waals surface area contributed by atoms with E-state index in [0.717, 1.165) is 16.9 Å². The van der Waals surface area contributed by atoms with Gasteiger partial charge in [0.2, 0.25) is 10.0 Å². The molecule has 1 heterocycles. The lowest BCUT2D eigenvalue weighted by molar-refractivity contribution is 0.582. The molecule has 6 heteroatoms. The minimum absolute atomic E-state index is 0.210. The fourth-order valence-corrected chi connectivity index (χ4v) is 4.02. The molecule has 0 aliphatic heterocycles. The normalized spacial score (nSPS) is 11.7. The van der Waals surface area contributed by atoms with Crippen LogP contribution in [0.15, 0.2) is 35.2 Å². The van der Waals surface area contributed by atoms with E-state index in [9.17, 15) is 8.42 Å². The Labute approximate surface area is 123 Å². The molecule has 1 aromatic carbocycles. The van der Waals surface area contributed by atoms with Crippen molar-refractivity contribution in [2.45, 2.75) is 31.7 Å². The molecule has 1 aromatic heterocycles. The molecule has 0 aliphatic carbocycles. The van der Waals surface area contributed by atoms with Crippen molar-refractivity contribution in [3.8, 4) is 0 Å². The lowest BCUT2D eigenvalue weighted by Crippen LogP contribution is -2.23. The van der Waals surface area contributed by atoms with Crippen LogP contribution < -0.4 is 10.5 Å². The van der Waals surface area contributed by atoms with E-state index in [4.69, 9.17) is 5.73 Å². The van der Waals surface area contributed by atoms with Crippen molar-refractivity contribution in [1.29, 1.82) is 0 Å². The molecule has 20 heavy (non-hydrogen) atoms. The predicted molar refractivity (Wildman–Crippen MR) is 83.3 cm³/mol. The van der Waals surface area contributed by atoms with Gasteiger partial charge in [-0.15, -0.1) is 11.3 Å². The van der Waals surface area contributed by atoms with Gasteiger partial charge in [0.15, 0.2) is 0 Å². The lowest BCUT2D eigenvalue weighted by atomic mass is 10.2. The molecule has 0 aliphatic rings. The molecule has 0 fully saturated rings. The summed E-state index contributed by atoms with van der Waals surface area (Å²) in [6, 6.07) is 8.81. The Morgan fingerprint density at radius 3 is 2.50 bits per heavy atom. The Bertz CT molecular complexity index is 685. The number of nitrogens with two attached hydrogens (primary N) is 1. The second-order valence-corrected chi connectivity index (χ2v) is 7.65. The van der Waals surface area contributed by atoms with E-state index >= 15 is 0 Å². The molecule has 108 valence electrons. The number of benzene rings is 1. The van der Waals surface area contributed by atoms with Crippen molar-refractivity contribution in [2.75, 3.05) is 5.73 Å². The first kappa shape index (κ1) is 15.0. The summed E-state index contributed by atoms with van der Waals surface area (Å²) in [7, 11) is -3.52. The molecule has 3 N–H and O–H groups in total. The van der Waals surface area contributed by atoms with Crippen molar-refractivity contribution in [3.05, 3.63) is 45.6 Å². The van der Waals surface area contributed by atoms with Crippen LogP contribution >= 0.6 is 11.3 Å². The SMILES string of the molecule is CCc1ccc(CNS(=O)(=O)c2cc(C)cc(N)c2)s1. The van der Waals surface area contributed by atoms with Crippen molar-refractivity contribution in [2.24, 2.45) is 0 Å². The van der Waals surface area contributed by atoms with Crippen LogP contribution in [0, 0.1) is 6.92 Å². The average molecular weight is 310 g/mol. The van der Waals surface area contributed by atoms with Crippen LogP contribution in [-0.4, -0.2) is 8.42 Å². The number of thiophene rings is 1.